The molecule has 0 amide bonds. The monoisotopic (exact) mass is 238 g/mol. The maximum Gasteiger partial charge on any atom is 0.188 e. The van der Waals surface area contributed by atoms with E-state index in [9.17, 15) is 14.7 Å². The molecule has 2 aliphatic heterocycles. The number of Topliss-reactive ketones (excluding diaryl/α,β-unsaturated/α-hetero) is 1. The molecule has 92 valence electrons. The third-order valence-electron chi connectivity index (χ3n) is 3.68. The molecule has 0 aromatic rings. The van der Waals surface area contributed by atoms with Gasteiger partial charge in [-0.3, -0.25) is 14.6 Å². The van der Waals surface area contributed by atoms with Crippen LogP contribution in [0.2, 0.25) is 0 Å². The molecular weight excluding hydrogens is 224 g/mol. The minimum atomic E-state index is -0.967. The van der Waals surface area contributed by atoms with Crippen LogP contribution >= 0.6 is 0 Å². The van der Waals surface area contributed by atoms with E-state index < -0.39 is 11.5 Å². The number of aliphatic hydroxyl groups is 1. The first-order valence-corrected chi connectivity index (χ1v) is 5.52. The van der Waals surface area contributed by atoms with Crippen LogP contribution in [0.15, 0.2) is 11.8 Å². The first kappa shape index (κ1) is 10.8. The summed E-state index contributed by atoms with van der Waals surface area (Å²) in [6.07, 6.45) is 1.37. The summed E-state index contributed by atoms with van der Waals surface area (Å²) in [5, 5.41) is 12.7. The maximum atomic E-state index is 12.2. The molecular formula is C10H14N4O3. The highest BCUT2D eigenvalue weighted by molar-refractivity contribution is 6.14. The highest BCUT2D eigenvalue weighted by atomic mass is 16.3. The van der Waals surface area contributed by atoms with Gasteiger partial charge in [0.2, 0.25) is 0 Å². The molecule has 0 bridgehead atoms. The number of nitrogens with zero attached hydrogens (tertiary/aromatic N) is 2. The zero-order chi connectivity index (χ0) is 12.2. The van der Waals surface area contributed by atoms with Gasteiger partial charge in [-0.05, 0) is 6.92 Å². The number of hydrazine groups is 2. The maximum absolute atomic E-state index is 12.2. The molecule has 17 heavy (non-hydrogen) atoms. The minimum absolute atomic E-state index is 0.148. The van der Waals surface area contributed by atoms with Crippen molar-refractivity contribution in [3.8, 4) is 0 Å². The molecule has 0 radical (unpaired) electrons. The van der Waals surface area contributed by atoms with E-state index in [0.29, 0.717) is 19.0 Å². The van der Waals surface area contributed by atoms with Gasteiger partial charge < -0.3 is 5.11 Å². The summed E-state index contributed by atoms with van der Waals surface area (Å²) in [6.45, 7) is 2.50. The second-order valence-corrected chi connectivity index (χ2v) is 4.63. The SMILES string of the molecule is CC1(N2CN2)C(=O)C=C(N2CN2)C(=O)C1CO. The highest BCUT2D eigenvalue weighted by Gasteiger charge is 2.56. The largest absolute Gasteiger partial charge is 0.396 e. The molecule has 7 nitrogen and oxygen atoms in total. The number of allylic oxidation sites excluding steroid dienone is 1. The molecule has 0 spiro atoms. The van der Waals surface area contributed by atoms with Crippen molar-refractivity contribution >= 4 is 11.6 Å². The van der Waals surface area contributed by atoms with Crippen molar-refractivity contribution in [2.75, 3.05) is 19.9 Å². The number of hydrogen-bond acceptors (Lipinski definition) is 7. The Labute approximate surface area is 98.0 Å². The van der Waals surface area contributed by atoms with Crippen LogP contribution in [0.5, 0.6) is 0 Å². The zero-order valence-corrected chi connectivity index (χ0v) is 9.43. The molecule has 1 aliphatic carbocycles. The van der Waals surface area contributed by atoms with Gasteiger partial charge in [0.1, 0.15) is 17.9 Å². The molecule has 3 rings (SSSR count). The van der Waals surface area contributed by atoms with Gasteiger partial charge in [-0.1, -0.05) is 0 Å². The third kappa shape index (κ3) is 1.44. The molecule has 2 fully saturated rings. The highest BCUT2D eigenvalue weighted by Crippen LogP contribution is 2.36. The Morgan fingerprint density at radius 2 is 2.12 bits per heavy atom. The van der Waals surface area contributed by atoms with E-state index in [1.807, 2.05) is 0 Å². The lowest BCUT2D eigenvalue weighted by molar-refractivity contribution is -0.138. The molecule has 7 heteroatoms. The normalized spacial score (nSPS) is 40.4. The molecule has 0 aromatic heterocycles. The van der Waals surface area contributed by atoms with Crippen LogP contribution in [0.25, 0.3) is 0 Å². The van der Waals surface area contributed by atoms with Crippen LogP contribution in [-0.4, -0.2) is 52.2 Å². The number of carbonyl (C=O) groups excluding carboxylic acids is 2. The first-order valence-electron chi connectivity index (χ1n) is 5.52. The Bertz CT molecular complexity index is 427. The Balaban J connectivity index is 2.01. The van der Waals surface area contributed by atoms with Crippen LogP contribution in [0.1, 0.15) is 6.92 Å². The van der Waals surface area contributed by atoms with Gasteiger partial charge in [0.25, 0.3) is 0 Å². The summed E-state index contributed by atoms with van der Waals surface area (Å²) in [6, 6.07) is 0. The number of aliphatic hydroxyl groups excluding tert-OH is 1. The fourth-order valence-electron chi connectivity index (χ4n) is 2.31. The molecule has 3 aliphatic rings. The van der Waals surface area contributed by atoms with Gasteiger partial charge in [0.15, 0.2) is 11.6 Å². The molecule has 0 aromatic carbocycles. The van der Waals surface area contributed by atoms with Crippen molar-refractivity contribution in [2.45, 2.75) is 12.5 Å². The molecule has 3 unspecified atom stereocenters. The molecule has 3 N–H and O–H groups in total. The third-order valence-corrected chi connectivity index (χ3v) is 3.68. The van der Waals surface area contributed by atoms with E-state index in [4.69, 9.17) is 0 Å². The van der Waals surface area contributed by atoms with Crippen molar-refractivity contribution in [1.82, 2.24) is 20.9 Å². The summed E-state index contributed by atoms with van der Waals surface area (Å²) in [7, 11) is 0. The fourth-order valence-corrected chi connectivity index (χ4v) is 2.31. The number of nitrogens with one attached hydrogen (secondary N) is 2. The lowest BCUT2D eigenvalue weighted by Crippen LogP contribution is -2.57. The van der Waals surface area contributed by atoms with E-state index in [1.54, 1.807) is 16.9 Å². The number of carbonyl (C=O) groups is 2. The van der Waals surface area contributed by atoms with E-state index in [0.717, 1.165) is 0 Å². The van der Waals surface area contributed by atoms with Gasteiger partial charge >= 0.3 is 0 Å². The smallest absolute Gasteiger partial charge is 0.188 e. The van der Waals surface area contributed by atoms with E-state index >= 15 is 0 Å². The van der Waals surface area contributed by atoms with Crippen LogP contribution < -0.4 is 10.9 Å². The van der Waals surface area contributed by atoms with Crippen molar-refractivity contribution in [3.05, 3.63) is 11.8 Å². The van der Waals surface area contributed by atoms with Crippen LogP contribution in [0.4, 0.5) is 0 Å². The Hall–Kier alpha value is -1.28. The van der Waals surface area contributed by atoms with E-state index in [-0.39, 0.29) is 18.2 Å². The topological polar surface area (TPSA) is 104 Å². The quantitative estimate of drug-likeness (QED) is 0.486. The van der Waals surface area contributed by atoms with Gasteiger partial charge in [-0.25, -0.2) is 15.9 Å². The summed E-state index contributed by atoms with van der Waals surface area (Å²) < 4.78 is 0. The Morgan fingerprint density at radius 1 is 1.47 bits per heavy atom. The van der Waals surface area contributed by atoms with Gasteiger partial charge in [-0.15, -0.1) is 0 Å². The second-order valence-electron chi connectivity index (χ2n) is 4.63. The zero-order valence-electron chi connectivity index (χ0n) is 9.43. The average Bonchev–Trinajstić information content (AvgIpc) is 3.17. The minimum Gasteiger partial charge on any atom is -0.396 e. The standard InChI is InChI=1S/C10H14N4O3/c1-10(14-5-12-14)6(3-15)9(17)7(2-8(10)16)13-4-11-13/h2,6,11-12,15H,3-5H2,1H3. The molecule has 2 heterocycles. The number of rotatable bonds is 3. The average molecular weight is 238 g/mol. The van der Waals surface area contributed by atoms with E-state index in [1.165, 1.54) is 6.08 Å². The second kappa shape index (κ2) is 3.36. The summed E-state index contributed by atoms with van der Waals surface area (Å²) in [5.74, 6) is -1.05. The predicted molar refractivity (Wildman–Crippen MR) is 56.8 cm³/mol. The lowest BCUT2D eigenvalue weighted by atomic mass is 9.74. The fraction of sp³-hybridized carbons (Fsp3) is 0.600. The number of hydrogen-bond donors (Lipinski definition) is 3. The van der Waals surface area contributed by atoms with Crippen LogP contribution in [0.3, 0.4) is 0 Å². The Morgan fingerprint density at radius 3 is 2.59 bits per heavy atom. The molecule has 3 atom stereocenters. The van der Waals surface area contributed by atoms with Gasteiger partial charge in [0, 0.05) is 6.08 Å². The van der Waals surface area contributed by atoms with Crippen molar-refractivity contribution in [2.24, 2.45) is 5.92 Å². The summed E-state index contributed by atoms with van der Waals surface area (Å²) in [5.41, 5.74) is 5.15. The number of ketones is 2. The van der Waals surface area contributed by atoms with Crippen molar-refractivity contribution in [1.29, 1.82) is 0 Å². The van der Waals surface area contributed by atoms with Gasteiger partial charge in [-0.2, -0.15) is 0 Å². The lowest BCUT2D eigenvalue weighted by Gasteiger charge is -2.37. The van der Waals surface area contributed by atoms with Crippen LogP contribution in [0, 0.1) is 5.92 Å². The summed E-state index contributed by atoms with van der Waals surface area (Å²) in [4.78, 5) is 24.4. The van der Waals surface area contributed by atoms with E-state index in [2.05, 4.69) is 10.9 Å². The molecule has 0 saturated carbocycles. The van der Waals surface area contributed by atoms with Crippen molar-refractivity contribution in [3.63, 3.8) is 0 Å². The predicted octanol–water partition coefficient (Wildman–Crippen LogP) is -2.06. The Kier molecular flexibility index (Phi) is 2.14. The van der Waals surface area contributed by atoms with Gasteiger partial charge in [0.05, 0.1) is 19.2 Å². The molecule has 2 saturated heterocycles. The van der Waals surface area contributed by atoms with Crippen molar-refractivity contribution < 1.29 is 14.7 Å². The first-order chi connectivity index (χ1) is 8.09. The van der Waals surface area contributed by atoms with Crippen LogP contribution in [-0.2, 0) is 9.59 Å². The summed E-state index contributed by atoms with van der Waals surface area (Å²) >= 11 is 0.